The molecule has 1 aliphatic rings. The Morgan fingerprint density at radius 2 is 2.16 bits per heavy atom. The van der Waals surface area contributed by atoms with Crippen molar-refractivity contribution in [3.8, 4) is 0 Å². The molecule has 1 saturated heterocycles. The summed E-state index contributed by atoms with van der Waals surface area (Å²) in [5, 5.41) is 5.97. The van der Waals surface area contributed by atoms with Crippen LogP contribution < -0.4 is 10.2 Å². The average molecular weight is 375 g/mol. The predicted molar refractivity (Wildman–Crippen MR) is 101 cm³/mol. The van der Waals surface area contributed by atoms with Gasteiger partial charge in [-0.15, -0.1) is 11.3 Å². The van der Waals surface area contributed by atoms with Crippen molar-refractivity contribution in [2.45, 2.75) is 19.4 Å². The molecule has 3 heterocycles. The molecule has 0 atom stereocenters. The van der Waals surface area contributed by atoms with Crippen molar-refractivity contribution in [1.29, 1.82) is 0 Å². The van der Waals surface area contributed by atoms with Crippen molar-refractivity contribution in [3.05, 3.63) is 46.4 Å². The minimum absolute atomic E-state index is 0.0584. The first-order valence-electron chi connectivity index (χ1n) is 8.30. The first-order valence-corrected chi connectivity index (χ1v) is 10.00. The first kappa shape index (κ1) is 16.5. The monoisotopic (exact) mass is 375 g/mol. The van der Waals surface area contributed by atoms with Crippen LogP contribution in [0.25, 0.3) is 10.2 Å². The second-order valence-electron chi connectivity index (χ2n) is 6.17. The third-order valence-corrected chi connectivity index (χ3v) is 6.45. The van der Waals surface area contributed by atoms with E-state index in [1.807, 2.05) is 17.5 Å². The summed E-state index contributed by atoms with van der Waals surface area (Å²) in [6.45, 7) is 2.22. The van der Waals surface area contributed by atoms with Crippen LogP contribution in [-0.2, 0) is 11.3 Å². The van der Waals surface area contributed by atoms with Crippen LogP contribution in [0, 0.1) is 11.7 Å². The number of carbonyl (C=O) groups is 1. The number of aromatic nitrogens is 1. The first-order chi connectivity index (χ1) is 12.2. The molecule has 1 N–H and O–H groups in total. The smallest absolute Gasteiger partial charge is 0.223 e. The third-order valence-electron chi connectivity index (χ3n) is 4.49. The SMILES string of the molecule is O=C(NCc1cccs1)C1CCN(c2nc3ccc(F)cc3s2)CC1. The van der Waals surface area contributed by atoms with Gasteiger partial charge < -0.3 is 10.2 Å². The predicted octanol–water partition coefficient (Wildman–Crippen LogP) is 4.03. The van der Waals surface area contributed by atoms with Crippen LogP contribution >= 0.6 is 22.7 Å². The number of thiophene rings is 1. The van der Waals surface area contributed by atoms with Gasteiger partial charge in [0.15, 0.2) is 5.13 Å². The molecule has 7 heteroatoms. The molecule has 25 heavy (non-hydrogen) atoms. The molecule has 0 spiro atoms. The third kappa shape index (κ3) is 3.67. The number of fused-ring (bicyclic) bond motifs is 1. The summed E-state index contributed by atoms with van der Waals surface area (Å²) in [5.74, 6) is -0.0359. The van der Waals surface area contributed by atoms with Crippen molar-refractivity contribution in [2.24, 2.45) is 5.92 Å². The highest BCUT2D eigenvalue weighted by atomic mass is 32.1. The molecule has 130 valence electrons. The lowest BCUT2D eigenvalue weighted by Gasteiger charge is -2.31. The lowest BCUT2D eigenvalue weighted by atomic mass is 9.96. The zero-order valence-corrected chi connectivity index (χ0v) is 15.2. The van der Waals surface area contributed by atoms with E-state index in [4.69, 9.17) is 0 Å². The molecule has 1 aromatic carbocycles. The number of rotatable bonds is 4. The van der Waals surface area contributed by atoms with Gasteiger partial charge in [0, 0.05) is 23.9 Å². The number of anilines is 1. The molecule has 4 rings (SSSR count). The number of thiazole rings is 1. The van der Waals surface area contributed by atoms with Crippen LogP contribution in [0.5, 0.6) is 0 Å². The van der Waals surface area contributed by atoms with Crippen molar-refractivity contribution in [3.63, 3.8) is 0 Å². The average Bonchev–Trinajstić information content (AvgIpc) is 3.29. The lowest BCUT2D eigenvalue weighted by molar-refractivity contribution is -0.125. The number of piperidine rings is 1. The van der Waals surface area contributed by atoms with Gasteiger partial charge in [0.2, 0.25) is 5.91 Å². The molecule has 2 aromatic heterocycles. The summed E-state index contributed by atoms with van der Waals surface area (Å²) < 4.78 is 14.2. The molecule has 0 saturated carbocycles. The van der Waals surface area contributed by atoms with Gasteiger partial charge in [-0.25, -0.2) is 9.37 Å². The number of carbonyl (C=O) groups excluding carboxylic acids is 1. The standard InChI is InChI=1S/C18H18FN3OS2/c19-13-3-4-15-16(10-13)25-18(21-15)22-7-5-12(6-8-22)17(23)20-11-14-2-1-9-24-14/h1-4,9-10,12H,5-8,11H2,(H,20,23). The van der Waals surface area contributed by atoms with Gasteiger partial charge in [-0.3, -0.25) is 4.79 Å². The maximum atomic E-state index is 13.3. The number of hydrogen-bond acceptors (Lipinski definition) is 5. The fraction of sp³-hybridized carbons (Fsp3) is 0.333. The highest BCUT2D eigenvalue weighted by molar-refractivity contribution is 7.22. The molecule has 0 radical (unpaired) electrons. The highest BCUT2D eigenvalue weighted by Gasteiger charge is 2.26. The Kier molecular flexibility index (Phi) is 4.67. The van der Waals surface area contributed by atoms with Crippen molar-refractivity contribution >= 4 is 43.9 Å². The number of hydrogen-bond donors (Lipinski definition) is 1. The van der Waals surface area contributed by atoms with Crippen LogP contribution in [0.1, 0.15) is 17.7 Å². The maximum absolute atomic E-state index is 13.3. The molecule has 0 aliphatic carbocycles. The number of amides is 1. The Bertz CT molecular complexity index is 870. The van der Waals surface area contributed by atoms with Gasteiger partial charge >= 0.3 is 0 Å². The van der Waals surface area contributed by atoms with Crippen LogP contribution in [0.3, 0.4) is 0 Å². The maximum Gasteiger partial charge on any atom is 0.223 e. The van der Waals surface area contributed by atoms with E-state index in [2.05, 4.69) is 15.2 Å². The summed E-state index contributed by atoms with van der Waals surface area (Å²) in [6.07, 6.45) is 1.64. The Morgan fingerprint density at radius 1 is 1.32 bits per heavy atom. The lowest BCUT2D eigenvalue weighted by Crippen LogP contribution is -2.40. The van der Waals surface area contributed by atoms with Gasteiger partial charge in [0.05, 0.1) is 16.8 Å². The normalized spacial score (nSPS) is 15.6. The molecule has 0 unspecified atom stereocenters. The Morgan fingerprint density at radius 3 is 2.92 bits per heavy atom. The van der Waals surface area contributed by atoms with Gasteiger partial charge in [-0.2, -0.15) is 0 Å². The minimum atomic E-state index is -0.233. The van der Waals surface area contributed by atoms with Crippen LogP contribution in [0.4, 0.5) is 9.52 Å². The molecule has 4 nitrogen and oxygen atoms in total. The van der Waals surface area contributed by atoms with Crippen molar-refractivity contribution in [1.82, 2.24) is 10.3 Å². The number of benzene rings is 1. The van der Waals surface area contributed by atoms with E-state index in [1.165, 1.54) is 28.3 Å². The topological polar surface area (TPSA) is 45.2 Å². The van der Waals surface area contributed by atoms with E-state index < -0.39 is 0 Å². The molecular weight excluding hydrogens is 357 g/mol. The van der Waals surface area contributed by atoms with Crippen molar-refractivity contribution in [2.75, 3.05) is 18.0 Å². The fourth-order valence-electron chi connectivity index (χ4n) is 3.09. The summed E-state index contributed by atoms with van der Waals surface area (Å²) in [5.41, 5.74) is 0.831. The van der Waals surface area contributed by atoms with Gasteiger partial charge in [0.25, 0.3) is 0 Å². The largest absolute Gasteiger partial charge is 0.351 e. The van der Waals surface area contributed by atoms with Crippen LogP contribution in [0.2, 0.25) is 0 Å². The Balaban J connectivity index is 1.34. The number of halogens is 1. The molecule has 1 amide bonds. The van der Waals surface area contributed by atoms with Gasteiger partial charge in [-0.1, -0.05) is 17.4 Å². The Hall–Kier alpha value is -1.99. The molecule has 3 aromatic rings. The van der Waals surface area contributed by atoms with Crippen LogP contribution in [-0.4, -0.2) is 24.0 Å². The molecule has 0 bridgehead atoms. The number of nitrogens with zero attached hydrogens (tertiary/aromatic N) is 2. The summed E-state index contributed by atoms with van der Waals surface area (Å²) in [7, 11) is 0. The van der Waals surface area contributed by atoms with Gasteiger partial charge in [-0.05, 0) is 42.5 Å². The zero-order valence-electron chi connectivity index (χ0n) is 13.6. The molecule has 1 fully saturated rings. The summed E-state index contributed by atoms with van der Waals surface area (Å²) in [4.78, 5) is 20.3. The van der Waals surface area contributed by atoms with Crippen molar-refractivity contribution < 1.29 is 9.18 Å². The van der Waals surface area contributed by atoms with E-state index in [1.54, 1.807) is 17.4 Å². The van der Waals surface area contributed by atoms with E-state index in [0.717, 1.165) is 41.3 Å². The van der Waals surface area contributed by atoms with Crippen LogP contribution in [0.15, 0.2) is 35.7 Å². The summed E-state index contributed by atoms with van der Waals surface area (Å²) in [6, 6.07) is 8.71. The fourth-order valence-corrected chi connectivity index (χ4v) is 4.77. The second-order valence-corrected chi connectivity index (χ2v) is 8.21. The highest BCUT2D eigenvalue weighted by Crippen LogP contribution is 2.32. The van der Waals surface area contributed by atoms with Gasteiger partial charge in [0.1, 0.15) is 5.82 Å². The van der Waals surface area contributed by atoms with E-state index in [9.17, 15) is 9.18 Å². The quantitative estimate of drug-likeness (QED) is 0.749. The van der Waals surface area contributed by atoms with E-state index >= 15 is 0 Å². The number of nitrogens with one attached hydrogen (secondary N) is 1. The second kappa shape index (κ2) is 7.09. The van der Waals surface area contributed by atoms with E-state index in [-0.39, 0.29) is 17.6 Å². The Labute approximate surface area is 153 Å². The minimum Gasteiger partial charge on any atom is -0.351 e. The zero-order chi connectivity index (χ0) is 17.2. The summed E-state index contributed by atoms with van der Waals surface area (Å²) >= 11 is 3.17. The van der Waals surface area contributed by atoms with E-state index in [0.29, 0.717) is 6.54 Å². The molecular formula is C18H18FN3OS2. The molecule has 1 aliphatic heterocycles.